The third kappa shape index (κ3) is 3.31. The maximum atomic E-state index is 12.6. The van der Waals surface area contributed by atoms with Crippen LogP contribution in [0.25, 0.3) is 0 Å². The molecule has 1 aliphatic heterocycles. The average Bonchev–Trinajstić information content (AvgIpc) is 2.85. The van der Waals surface area contributed by atoms with Crippen LogP contribution in [0, 0.1) is 0 Å². The van der Waals surface area contributed by atoms with Gasteiger partial charge in [-0.3, -0.25) is 9.59 Å². The summed E-state index contributed by atoms with van der Waals surface area (Å²) in [5.74, 6) is -1.88. The number of anilines is 2. The van der Waals surface area contributed by atoms with Crippen molar-refractivity contribution in [1.82, 2.24) is 0 Å². The number of halogens is 2. The molecule has 2 aromatic rings. The molecule has 0 aliphatic carbocycles. The van der Waals surface area contributed by atoms with Gasteiger partial charge in [-0.25, -0.2) is 9.69 Å². The molecule has 2 aromatic carbocycles. The second-order valence-corrected chi connectivity index (χ2v) is 6.21. The van der Waals surface area contributed by atoms with E-state index in [-0.39, 0.29) is 27.7 Å². The van der Waals surface area contributed by atoms with Crippen molar-refractivity contribution in [2.75, 3.05) is 10.2 Å². The Kier molecular flexibility index (Phi) is 4.65. The van der Waals surface area contributed by atoms with Crippen molar-refractivity contribution < 1.29 is 19.5 Å². The largest absolute Gasteiger partial charge is 0.478 e. The lowest BCUT2D eigenvalue weighted by Gasteiger charge is -2.17. The number of aromatic carboxylic acids is 1. The summed E-state index contributed by atoms with van der Waals surface area (Å²) in [7, 11) is 0. The molecule has 1 heterocycles. The fraction of sp³-hybridized carbons (Fsp3) is 0.118. The second kappa shape index (κ2) is 6.74. The normalized spacial score (nSPS) is 17.0. The topological polar surface area (TPSA) is 86.7 Å². The lowest BCUT2D eigenvalue weighted by Crippen LogP contribution is -2.35. The Morgan fingerprint density at radius 1 is 1.12 bits per heavy atom. The molecule has 6 nitrogen and oxygen atoms in total. The molecule has 1 saturated heterocycles. The van der Waals surface area contributed by atoms with Crippen LogP contribution in [0.4, 0.5) is 11.4 Å². The summed E-state index contributed by atoms with van der Waals surface area (Å²) in [6, 6.07) is 9.86. The van der Waals surface area contributed by atoms with Crippen molar-refractivity contribution in [3.05, 3.63) is 58.1 Å². The minimum atomic E-state index is -1.04. The van der Waals surface area contributed by atoms with E-state index < -0.39 is 23.8 Å². The van der Waals surface area contributed by atoms with E-state index in [2.05, 4.69) is 5.32 Å². The molecule has 0 aromatic heterocycles. The van der Waals surface area contributed by atoms with Gasteiger partial charge in [-0.1, -0.05) is 29.3 Å². The molecule has 2 N–H and O–H groups in total. The monoisotopic (exact) mass is 378 g/mol. The first-order valence-corrected chi connectivity index (χ1v) is 8.05. The number of benzene rings is 2. The maximum absolute atomic E-state index is 12.6. The van der Waals surface area contributed by atoms with Gasteiger partial charge in [0.2, 0.25) is 5.91 Å². The van der Waals surface area contributed by atoms with Crippen LogP contribution in [0.15, 0.2) is 42.5 Å². The number of hydrogen-bond acceptors (Lipinski definition) is 4. The zero-order valence-electron chi connectivity index (χ0n) is 12.7. The van der Waals surface area contributed by atoms with E-state index in [0.717, 1.165) is 4.90 Å². The summed E-state index contributed by atoms with van der Waals surface area (Å²) in [6.07, 6.45) is -0.0393. The maximum Gasteiger partial charge on any atom is 0.335 e. The van der Waals surface area contributed by atoms with Crippen molar-refractivity contribution in [2.45, 2.75) is 12.5 Å². The molecular weight excluding hydrogens is 367 g/mol. The molecule has 1 atom stereocenters. The van der Waals surface area contributed by atoms with Crippen LogP contribution in [0.3, 0.4) is 0 Å². The van der Waals surface area contributed by atoms with Crippen LogP contribution in [0.1, 0.15) is 16.8 Å². The second-order valence-electron chi connectivity index (χ2n) is 5.42. The van der Waals surface area contributed by atoms with Crippen LogP contribution < -0.4 is 10.2 Å². The molecule has 1 fully saturated rings. The van der Waals surface area contributed by atoms with Crippen molar-refractivity contribution in [1.29, 1.82) is 0 Å². The minimum absolute atomic E-state index is 0.0393. The lowest BCUT2D eigenvalue weighted by atomic mass is 10.2. The van der Waals surface area contributed by atoms with Gasteiger partial charge in [0.1, 0.15) is 6.04 Å². The van der Waals surface area contributed by atoms with Gasteiger partial charge in [-0.2, -0.15) is 0 Å². The van der Waals surface area contributed by atoms with Crippen molar-refractivity contribution in [3.8, 4) is 0 Å². The Labute approximate surface area is 153 Å². The average molecular weight is 379 g/mol. The van der Waals surface area contributed by atoms with E-state index in [9.17, 15) is 14.4 Å². The van der Waals surface area contributed by atoms with Crippen LogP contribution in [-0.2, 0) is 9.59 Å². The third-order valence-corrected chi connectivity index (χ3v) is 4.60. The van der Waals surface area contributed by atoms with Gasteiger partial charge in [0.15, 0.2) is 0 Å². The number of hydrogen-bond donors (Lipinski definition) is 2. The van der Waals surface area contributed by atoms with E-state index in [0.29, 0.717) is 5.69 Å². The molecule has 1 aliphatic rings. The number of imide groups is 1. The minimum Gasteiger partial charge on any atom is -0.478 e. The Morgan fingerprint density at radius 3 is 2.44 bits per heavy atom. The molecule has 2 amide bonds. The number of carboxylic acid groups (broad SMARTS) is 1. The Morgan fingerprint density at radius 2 is 1.80 bits per heavy atom. The Bertz CT molecular complexity index is 867. The summed E-state index contributed by atoms with van der Waals surface area (Å²) >= 11 is 12.1. The fourth-order valence-corrected chi connectivity index (χ4v) is 2.95. The lowest BCUT2D eigenvalue weighted by molar-refractivity contribution is -0.121. The van der Waals surface area contributed by atoms with Crippen LogP contribution in [-0.4, -0.2) is 28.9 Å². The van der Waals surface area contributed by atoms with Crippen molar-refractivity contribution >= 4 is 52.4 Å². The highest BCUT2D eigenvalue weighted by molar-refractivity contribution is 6.45. The van der Waals surface area contributed by atoms with Gasteiger partial charge in [0.25, 0.3) is 5.91 Å². The summed E-state index contributed by atoms with van der Waals surface area (Å²) < 4.78 is 0. The number of rotatable bonds is 4. The summed E-state index contributed by atoms with van der Waals surface area (Å²) in [6.45, 7) is 0. The first-order valence-electron chi connectivity index (χ1n) is 7.29. The number of carbonyl (C=O) groups excluding carboxylic acids is 2. The van der Waals surface area contributed by atoms with Gasteiger partial charge >= 0.3 is 5.97 Å². The quantitative estimate of drug-likeness (QED) is 0.795. The smallest absolute Gasteiger partial charge is 0.335 e. The van der Waals surface area contributed by atoms with E-state index in [4.69, 9.17) is 28.3 Å². The highest BCUT2D eigenvalue weighted by Gasteiger charge is 2.40. The van der Waals surface area contributed by atoms with Crippen LogP contribution in [0.2, 0.25) is 10.0 Å². The number of carbonyl (C=O) groups is 3. The highest BCUT2D eigenvalue weighted by Crippen LogP contribution is 2.35. The zero-order valence-corrected chi connectivity index (χ0v) is 14.2. The highest BCUT2D eigenvalue weighted by atomic mass is 35.5. The summed E-state index contributed by atoms with van der Waals surface area (Å²) in [5, 5.41) is 12.2. The number of nitrogens with one attached hydrogen (secondary N) is 1. The number of amides is 2. The molecule has 1 unspecified atom stereocenters. The van der Waals surface area contributed by atoms with E-state index in [1.165, 1.54) is 24.3 Å². The Hall–Kier alpha value is -2.57. The van der Waals surface area contributed by atoms with E-state index in [1.807, 2.05) is 0 Å². The molecule has 0 bridgehead atoms. The summed E-state index contributed by atoms with van der Waals surface area (Å²) in [5.41, 5.74) is 0.914. The first-order chi connectivity index (χ1) is 11.9. The van der Waals surface area contributed by atoms with E-state index >= 15 is 0 Å². The van der Waals surface area contributed by atoms with Crippen LogP contribution in [0.5, 0.6) is 0 Å². The molecule has 0 radical (unpaired) electrons. The van der Waals surface area contributed by atoms with Gasteiger partial charge in [0.05, 0.1) is 27.7 Å². The first kappa shape index (κ1) is 17.3. The van der Waals surface area contributed by atoms with Gasteiger partial charge < -0.3 is 10.4 Å². The molecule has 8 heteroatoms. The zero-order chi connectivity index (χ0) is 18.1. The van der Waals surface area contributed by atoms with Gasteiger partial charge in [-0.15, -0.1) is 0 Å². The van der Waals surface area contributed by atoms with Crippen molar-refractivity contribution in [3.63, 3.8) is 0 Å². The van der Waals surface area contributed by atoms with E-state index in [1.54, 1.807) is 18.2 Å². The van der Waals surface area contributed by atoms with Crippen molar-refractivity contribution in [2.24, 2.45) is 0 Å². The SMILES string of the molecule is O=C(O)c1ccc(NC2CC(=O)N(c3cccc(Cl)c3Cl)C2=O)cc1. The predicted octanol–water partition coefficient (Wildman–Crippen LogP) is 3.44. The van der Waals surface area contributed by atoms with Crippen LogP contribution >= 0.6 is 23.2 Å². The molecular formula is C17H12Cl2N2O4. The molecule has 128 valence electrons. The number of nitrogens with zero attached hydrogens (tertiary/aromatic N) is 1. The summed E-state index contributed by atoms with van der Waals surface area (Å²) in [4.78, 5) is 36.8. The molecule has 0 spiro atoms. The van der Waals surface area contributed by atoms with Gasteiger partial charge in [0, 0.05) is 5.69 Å². The molecule has 0 saturated carbocycles. The third-order valence-electron chi connectivity index (χ3n) is 3.79. The predicted molar refractivity (Wildman–Crippen MR) is 94.4 cm³/mol. The van der Waals surface area contributed by atoms with Gasteiger partial charge in [-0.05, 0) is 36.4 Å². The molecule has 3 rings (SSSR count). The standard InChI is InChI=1S/C17H12Cl2N2O4/c18-11-2-1-3-13(15(11)19)21-14(22)8-12(16(21)23)20-10-6-4-9(5-7-10)17(24)25/h1-7,12,20H,8H2,(H,24,25). The number of carboxylic acids is 1. The fourth-order valence-electron chi connectivity index (χ4n) is 2.57. The molecule has 25 heavy (non-hydrogen) atoms. The Balaban J connectivity index is 1.81.